The molecule has 2 bridgehead atoms. The molecule has 17 heavy (non-hydrogen) atoms. The maximum absolute atomic E-state index is 12.1. The normalized spacial score (nSPS) is 29.6. The van der Waals surface area contributed by atoms with Crippen LogP contribution in [0, 0.1) is 29.6 Å². The zero-order valence-corrected chi connectivity index (χ0v) is 10.4. The Hall–Kier alpha value is -1.49. The predicted octanol–water partition coefficient (Wildman–Crippen LogP) is 2.71. The number of hydrogen-bond donors (Lipinski definition) is 0. The SMILES string of the molecule is C=CC#CC(C)(C)OC(=O)[C@@H]1C[C@H]2C=CC1C2. The van der Waals surface area contributed by atoms with Gasteiger partial charge in [0, 0.05) is 0 Å². The molecule has 1 unspecified atom stereocenters. The lowest BCUT2D eigenvalue weighted by Crippen LogP contribution is -2.31. The lowest BCUT2D eigenvalue weighted by molar-refractivity contribution is -0.157. The second kappa shape index (κ2) is 4.41. The molecule has 2 rings (SSSR count). The van der Waals surface area contributed by atoms with Gasteiger partial charge in [-0.15, -0.1) is 0 Å². The van der Waals surface area contributed by atoms with Crippen molar-refractivity contribution < 1.29 is 9.53 Å². The Morgan fingerprint density at radius 3 is 2.76 bits per heavy atom. The second-order valence-electron chi connectivity index (χ2n) is 5.29. The lowest BCUT2D eigenvalue weighted by atomic mass is 9.93. The highest BCUT2D eigenvalue weighted by Crippen LogP contribution is 2.44. The monoisotopic (exact) mass is 230 g/mol. The van der Waals surface area contributed by atoms with Gasteiger partial charge in [-0.1, -0.05) is 30.6 Å². The van der Waals surface area contributed by atoms with Crippen molar-refractivity contribution in [2.45, 2.75) is 32.3 Å². The maximum Gasteiger partial charge on any atom is 0.311 e. The fourth-order valence-electron chi connectivity index (χ4n) is 2.63. The summed E-state index contributed by atoms with van der Waals surface area (Å²) in [4.78, 5) is 12.1. The van der Waals surface area contributed by atoms with Crippen LogP contribution in [0.3, 0.4) is 0 Å². The van der Waals surface area contributed by atoms with Crippen molar-refractivity contribution in [1.82, 2.24) is 0 Å². The fourth-order valence-corrected chi connectivity index (χ4v) is 2.63. The van der Waals surface area contributed by atoms with E-state index in [1.54, 1.807) is 0 Å². The molecule has 0 aliphatic heterocycles. The van der Waals surface area contributed by atoms with Crippen molar-refractivity contribution in [3.8, 4) is 11.8 Å². The smallest absolute Gasteiger partial charge is 0.311 e. The summed E-state index contributed by atoms with van der Waals surface area (Å²) in [5, 5.41) is 0. The summed E-state index contributed by atoms with van der Waals surface area (Å²) < 4.78 is 5.48. The van der Waals surface area contributed by atoms with E-state index < -0.39 is 5.60 Å². The summed E-state index contributed by atoms with van der Waals surface area (Å²) in [6.07, 6.45) is 7.93. The molecule has 0 spiro atoms. The highest BCUT2D eigenvalue weighted by molar-refractivity contribution is 5.74. The first-order valence-corrected chi connectivity index (χ1v) is 6.06. The van der Waals surface area contributed by atoms with Crippen LogP contribution in [0.5, 0.6) is 0 Å². The summed E-state index contributed by atoms with van der Waals surface area (Å²) in [5.41, 5.74) is -0.725. The molecule has 0 radical (unpaired) electrons. The number of hydrogen-bond acceptors (Lipinski definition) is 2. The maximum atomic E-state index is 12.1. The Morgan fingerprint density at radius 1 is 1.47 bits per heavy atom. The van der Waals surface area contributed by atoms with Crippen LogP contribution in [-0.2, 0) is 9.53 Å². The van der Waals surface area contributed by atoms with Crippen molar-refractivity contribution in [3.63, 3.8) is 0 Å². The van der Waals surface area contributed by atoms with Crippen LogP contribution >= 0.6 is 0 Å². The van der Waals surface area contributed by atoms with Crippen LogP contribution < -0.4 is 0 Å². The fraction of sp³-hybridized carbons (Fsp3) is 0.533. The van der Waals surface area contributed by atoms with E-state index in [1.165, 1.54) is 6.08 Å². The molecule has 2 aliphatic rings. The highest BCUT2D eigenvalue weighted by Gasteiger charge is 2.42. The second-order valence-corrected chi connectivity index (χ2v) is 5.29. The summed E-state index contributed by atoms with van der Waals surface area (Å²) in [5.74, 6) is 6.52. The standard InChI is InChI=1S/C15H18O2/c1-4-5-8-15(2,3)17-14(16)13-10-11-6-7-12(13)9-11/h4,6-7,11-13H,1,9-10H2,2-3H3/t11-,12?,13+/m0/s1. The summed E-state index contributed by atoms with van der Waals surface area (Å²) in [6, 6.07) is 0. The van der Waals surface area contributed by atoms with E-state index in [2.05, 4.69) is 30.6 Å². The van der Waals surface area contributed by atoms with Crippen LogP contribution in [0.1, 0.15) is 26.7 Å². The zero-order valence-electron chi connectivity index (χ0n) is 10.4. The first-order valence-electron chi connectivity index (χ1n) is 6.06. The molecule has 0 heterocycles. The quantitative estimate of drug-likeness (QED) is 0.414. The molecular weight excluding hydrogens is 212 g/mol. The molecule has 1 fully saturated rings. The topological polar surface area (TPSA) is 26.3 Å². The van der Waals surface area contributed by atoms with Crippen LogP contribution in [0.2, 0.25) is 0 Å². The Kier molecular flexibility index (Phi) is 3.11. The summed E-state index contributed by atoms with van der Waals surface area (Å²) in [6.45, 7) is 7.15. The van der Waals surface area contributed by atoms with Crippen molar-refractivity contribution in [3.05, 3.63) is 24.8 Å². The van der Waals surface area contributed by atoms with Gasteiger partial charge in [0.2, 0.25) is 0 Å². The van der Waals surface area contributed by atoms with E-state index in [9.17, 15) is 4.79 Å². The van der Waals surface area contributed by atoms with Gasteiger partial charge in [0.25, 0.3) is 0 Å². The van der Waals surface area contributed by atoms with Crippen molar-refractivity contribution in [2.24, 2.45) is 17.8 Å². The van der Waals surface area contributed by atoms with Gasteiger partial charge >= 0.3 is 5.97 Å². The molecule has 3 atom stereocenters. The molecular formula is C15H18O2. The van der Waals surface area contributed by atoms with E-state index in [4.69, 9.17) is 4.74 Å². The number of carbonyl (C=O) groups excluding carboxylic acids is 1. The molecule has 0 amide bonds. The number of ether oxygens (including phenoxy) is 1. The molecule has 2 nitrogen and oxygen atoms in total. The minimum Gasteiger partial charge on any atom is -0.446 e. The van der Waals surface area contributed by atoms with Gasteiger partial charge in [-0.25, -0.2) is 0 Å². The molecule has 90 valence electrons. The molecule has 0 aromatic rings. The number of esters is 1. The lowest BCUT2D eigenvalue weighted by Gasteiger charge is -2.23. The Labute approximate surface area is 103 Å². The van der Waals surface area contributed by atoms with E-state index >= 15 is 0 Å². The number of fused-ring (bicyclic) bond motifs is 2. The van der Waals surface area contributed by atoms with E-state index in [0.29, 0.717) is 11.8 Å². The van der Waals surface area contributed by atoms with Crippen LogP contribution in [-0.4, -0.2) is 11.6 Å². The first-order chi connectivity index (χ1) is 8.02. The minimum absolute atomic E-state index is 0.0369. The van der Waals surface area contributed by atoms with Gasteiger partial charge in [0.05, 0.1) is 5.92 Å². The van der Waals surface area contributed by atoms with E-state index in [1.807, 2.05) is 13.8 Å². The van der Waals surface area contributed by atoms with Gasteiger partial charge in [-0.2, -0.15) is 0 Å². The molecule has 2 aliphatic carbocycles. The molecule has 0 aromatic carbocycles. The summed E-state index contributed by atoms with van der Waals surface area (Å²) >= 11 is 0. The number of rotatable bonds is 2. The summed E-state index contributed by atoms with van der Waals surface area (Å²) in [7, 11) is 0. The number of carbonyl (C=O) groups is 1. The molecule has 0 aromatic heterocycles. The Balaban J connectivity index is 1.98. The van der Waals surface area contributed by atoms with Crippen molar-refractivity contribution in [1.29, 1.82) is 0 Å². The van der Waals surface area contributed by atoms with E-state index in [-0.39, 0.29) is 11.9 Å². The molecule has 1 saturated carbocycles. The third-order valence-electron chi connectivity index (χ3n) is 3.41. The van der Waals surface area contributed by atoms with Gasteiger partial charge in [0.15, 0.2) is 5.60 Å². The minimum atomic E-state index is -0.725. The molecule has 2 heteroatoms. The first kappa shape index (κ1) is 12.0. The third-order valence-corrected chi connectivity index (χ3v) is 3.41. The van der Waals surface area contributed by atoms with Gasteiger partial charge in [0.1, 0.15) is 0 Å². The van der Waals surface area contributed by atoms with Gasteiger partial charge in [-0.05, 0) is 44.6 Å². The van der Waals surface area contributed by atoms with Gasteiger partial charge < -0.3 is 4.74 Å². The highest BCUT2D eigenvalue weighted by atomic mass is 16.6. The van der Waals surface area contributed by atoms with E-state index in [0.717, 1.165) is 12.8 Å². The average Bonchev–Trinajstić information content (AvgIpc) is 2.87. The van der Waals surface area contributed by atoms with Crippen molar-refractivity contribution in [2.75, 3.05) is 0 Å². The average molecular weight is 230 g/mol. The van der Waals surface area contributed by atoms with Crippen molar-refractivity contribution >= 4 is 5.97 Å². The van der Waals surface area contributed by atoms with Crippen LogP contribution in [0.15, 0.2) is 24.8 Å². The Morgan fingerprint density at radius 2 is 2.24 bits per heavy atom. The van der Waals surface area contributed by atoms with Crippen LogP contribution in [0.4, 0.5) is 0 Å². The third kappa shape index (κ3) is 2.61. The number of allylic oxidation sites excluding steroid dienone is 3. The molecule has 0 N–H and O–H groups in total. The van der Waals surface area contributed by atoms with Gasteiger partial charge in [-0.3, -0.25) is 4.79 Å². The largest absolute Gasteiger partial charge is 0.446 e. The zero-order chi connectivity index (χ0) is 12.5. The Bertz CT molecular complexity index is 420. The van der Waals surface area contributed by atoms with Crippen LogP contribution in [0.25, 0.3) is 0 Å². The molecule has 0 saturated heterocycles. The predicted molar refractivity (Wildman–Crippen MR) is 67.0 cm³/mol.